The lowest BCUT2D eigenvalue weighted by molar-refractivity contribution is 0.166. The number of ether oxygens (including phenoxy) is 2. The van der Waals surface area contributed by atoms with Gasteiger partial charge in [-0.2, -0.15) is 0 Å². The topological polar surface area (TPSA) is 21.7 Å². The molecule has 0 fully saturated rings. The third-order valence-corrected chi connectivity index (χ3v) is 1.99. The first-order valence-corrected chi connectivity index (χ1v) is 5.30. The van der Waals surface area contributed by atoms with E-state index in [1.54, 1.807) is 7.11 Å². The molecular weight excluding hydrogens is 190 g/mol. The Morgan fingerprint density at radius 1 is 1.13 bits per heavy atom. The van der Waals surface area contributed by atoms with Crippen LogP contribution in [-0.4, -0.2) is 39.3 Å². The van der Waals surface area contributed by atoms with Gasteiger partial charge in [0.25, 0.3) is 0 Å². The SMILES string of the molecule is C/C=C(OC)\C(=C/C)OCCCN(C)C. The summed E-state index contributed by atoms with van der Waals surface area (Å²) >= 11 is 0. The fourth-order valence-electron chi connectivity index (χ4n) is 1.22. The first kappa shape index (κ1) is 14.0. The van der Waals surface area contributed by atoms with Crippen molar-refractivity contribution < 1.29 is 9.47 Å². The van der Waals surface area contributed by atoms with E-state index >= 15 is 0 Å². The zero-order valence-corrected chi connectivity index (χ0v) is 10.5. The van der Waals surface area contributed by atoms with Crippen molar-refractivity contribution in [3.8, 4) is 0 Å². The molecule has 3 heteroatoms. The molecule has 0 amide bonds. The molecular formula is C12H23NO2. The van der Waals surface area contributed by atoms with Gasteiger partial charge in [0, 0.05) is 6.54 Å². The standard InChI is InChI=1S/C12H23NO2/c1-6-11(14-5)12(7-2)15-10-8-9-13(3)4/h6-7H,8-10H2,1-5H3/b11-6+,12-7+. The molecule has 0 heterocycles. The molecule has 0 unspecified atom stereocenters. The van der Waals surface area contributed by atoms with Crippen LogP contribution in [-0.2, 0) is 9.47 Å². The number of hydrogen-bond donors (Lipinski definition) is 0. The van der Waals surface area contributed by atoms with Gasteiger partial charge in [-0.3, -0.25) is 0 Å². The number of allylic oxidation sites excluding steroid dienone is 2. The second kappa shape index (κ2) is 8.36. The van der Waals surface area contributed by atoms with Crippen molar-refractivity contribution >= 4 is 0 Å². The second-order valence-electron chi connectivity index (χ2n) is 3.52. The average Bonchev–Trinajstić information content (AvgIpc) is 2.22. The van der Waals surface area contributed by atoms with Crippen molar-refractivity contribution in [1.29, 1.82) is 0 Å². The minimum atomic E-state index is 0.721. The third-order valence-electron chi connectivity index (χ3n) is 1.99. The minimum absolute atomic E-state index is 0.721. The zero-order valence-electron chi connectivity index (χ0n) is 10.5. The van der Waals surface area contributed by atoms with E-state index in [1.807, 2.05) is 26.0 Å². The highest BCUT2D eigenvalue weighted by Crippen LogP contribution is 2.12. The molecule has 0 spiro atoms. The van der Waals surface area contributed by atoms with Crippen molar-refractivity contribution in [2.24, 2.45) is 0 Å². The van der Waals surface area contributed by atoms with E-state index in [1.165, 1.54) is 0 Å². The highest BCUT2D eigenvalue weighted by Gasteiger charge is 2.03. The lowest BCUT2D eigenvalue weighted by atomic mass is 10.3. The van der Waals surface area contributed by atoms with Crippen LogP contribution in [0.1, 0.15) is 20.3 Å². The first-order chi connectivity index (χ1) is 7.15. The van der Waals surface area contributed by atoms with Crippen molar-refractivity contribution in [2.45, 2.75) is 20.3 Å². The van der Waals surface area contributed by atoms with E-state index in [2.05, 4.69) is 19.0 Å². The van der Waals surface area contributed by atoms with Crippen molar-refractivity contribution in [3.05, 3.63) is 23.7 Å². The van der Waals surface area contributed by atoms with Crippen LogP contribution in [0.25, 0.3) is 0 Å². The fraction of sp³-hybridized carbons (Fsp3) is 0.667. The molecule has 88 valence electrons. The Kier molecular flexibility index (Phi) is 7.82. The van der Waals surface area contributed by atoms with E-state index < -0.39 is 0 Å². The Balaban J connectivity index is 3.92. The summed E-state index contributed by atoms with van der Waals surface area (Å²) in [6.45, 7) is 5.64. The van der Waals surface area contributed by atoms with Gasteiger partial charge in [-0.05, 0) is 46.5 Å². The van der Waals surface area contributed by atoms with Gasteiger partial charge in [0.05, 0.1) is 13.7 Å². The van der Waals surface area contributed by atoms with Gasteiger partial charge in [-0.25, -0.2) is 0 Å². The molecule has 0 aliphatic rings. The summed E-state index contributed by atoms with van der Waals surface area (Å²) in [6, 6.07) is 0. The van der Waals surface area contributed by atoms with Crippen LogP contribution in [0, 0.1) is 0 Å². The predicted molar refractivity (Wildman–Crippen MR) is 63.6 cm³/mol. The highest BCUT2D eigenvalue weighted by atomic mass is 16.5. The van der Waals surface area contributed by atoms with Crippen LogP contribution in [0.2, 0.25) is 0 Å². The highest BCUT2D eigenvalue weighted by molar-refractivity contribution is 5.18. The van der Waals surface area contributed by atoms with E-state index in [0.717, 1.165) is 31.1 Å². The summed E-state index contributed by atoms with van der Waals surface area (Å²) in [5.41, 5.74) is 0. The number of rotatable bonds is 7. The van der Waals surface area contributed by atoms with Crippen LogP contribution in [0.5, 0.6) is 0 Å². The largest absolute Gasteiger partial charge is 0.493 e. The molecule has 0 bridgehead atoms. The van der Waals surface area contributed by atoms with Gasteiger partial charge < -0.3 is 14.4 Å². The van der Waals surface area contributed by atoms with E-state index in [4.69, 9.17) is 9.47 Å². The Labute approximate surface area is 93.4 Å². The maximum Gasteiger partial charge on any atom is 0.156 e. The summed E-state index contributed by atoms with van der Waals surface area (Å²) in [7, 11) is 5.77. The molecule has 0 aromatic heterocycles. The van der Waals surface area contributed by atoms with Gasteiger partial charge >= 0.3 is 0 Å². The van der Waals surface area contributed by atoms with E-state index in [0.29, 0.717) is 0 Å². The molecule has 0 saturated heterocycles. The lowest BCUT2D eigenvalue weighted by Crippen LogP contribution is -2.15. The molecule has 0 aliphatic heterocycles. The summed E-state index contributed by atoms with van der Waals surface area (Å²) in [5.74, 6) is 1.61. The molecule has 0 saturated carbocycles. The molecule has 0 radical (unpaired) electrons. The Morgan fingerprint density at radius 3 is 2.13 bits per heavy atom. The zero-order chi connectivity index (χ0) is 11.7. The molecule has 0 aliphatic carbocycles. The van der Waals surface area contributed by atoms with Crippen molar-refractivity contribution in [3.63, 3.8) is 0 Å². The van der Waals surface area contributed by atoms with E-state index in [9.17, 15) is 0 Å². The first-order valence-electron chi connectivity index (χ1n) is 5.30. The summed E-state index contributed by atoms with van der Waals surface area (Å²) in [5, 5.41) is 0. The molecule has 15 heavy (non-hydrogen) atoms. The predicted octanol–water partition coefficient (Wildman–Crippen LogP) is 2.41. The van der Waals surface area contributed by atoms with Crippen LogP contribution >= 0.6 is 0 Å². The van der Waals surface area contributed by atoms with Gasteiger partial charge in [0.1, 0.15) is 0 Å². The average molecular weight is 213 g/mol. The summed E-state index contributed by atoms with van der Waals surface area (Å²) < 4.78 is 10.8. The molecule has 0 atom stereocenters. The Morgan fingerprint density at radius 2 is 1.73 bits per heavy atom. The van der Waals surface area contributed by atoms with Crippen LogP contribution in [0.15, 0.2) is 23.7 Å². The molecule has 0 aromatic carbocycles. The molecule has 0 N–H and O–H groups in total. The number of nitrogens with zero attached hydrogens (tertiary/aromatic N) is 1. The second-order valence-corrected chi connectivity index (χ2v) is 3.52. The summed E-state index contributed by atoms with van der Waals surface area (Å²) in [4.78, 5) is 2.14. The van der Waals surface area contributed by atoms with Gasteiger partial charge in [0.15, 0.2) is 11.5 Å². The van der Waals surface area contributed by atoms with Gasteiger partial charge in [0.2, 0.25) is 0 Å². The minimum Gasteiger partial charge on any atom is -0.493 e. The Hall–Kier alpha value is -0.960. The maximum absolute atomic E-state index is 5.63. The smallest absolute Gasteiger partial charge is 0.156 e. The monoisotopic (exact) mass is 213 g/mol. The van der Waals surface area contributed by atoms with Crippen LogP contribution in [0.3, 0.4) is 0 Å². The van der Waals surface area contributed by atoms with E-state index in [-0.39, 0.29) is 0 Å². The fourth-order valence-corrected chi connectivity index (χ4v) is 1.22. The van der Waals surface area contributed by atoms with Gasteiger partial charge in [-0.1, -0.05) is 0 Å². The quantitative estimate of drug-likeness (QED) is 0.368. The van der Waals surface area contributed by atoms with Crippen LogP contribution in [0.4, 0.5) is 0 Å². The lowest BCUT2D eigenvalue weighted by Gasteiger charge is -2.13. The number of hydrogen-bond acceptors (Lipinski definition) is 3. The van der Waals surface area contributed by atoms with Crippen molar-refractivity contribution in [1.82, 2.24) is 4.90 Å². The number of methoxy groups -OCH3 is 1. The van der Waals surface area contributed by atoms with Crippen LogP contribution < -0.4 is 0 Å². The summed E-state index contributed by atoms with van der Waals surface area (Å²) in [6.07, 6.45) is 4.85. The molecule has 3 nitrogen and oxygen atoms in total. The van der Waals surface area contributed by atoms with Crippen molar-refractivity contribution in [2.75, 3.05) is 34.4 Å². The molecule has 0 rings (SSSR count). The normalized spacial score (nSPS) is 13.2. The third kappa shape index (κ3) is 6.18. The molecule has 0 aromatic rings. The van der Waals surface area contributed by atoms with Gasteiger partial charge in [-0.15, -0.1) is 0 Å². The Bertz CT molecular complexity index is 220. The maximum atomic E-state index is 5.63.